The lowest BCUT2D eigenvalue weighted by Crippen LogP contribution is -1.90. The van der Waals surface area contributed by atoms with E-state index in [1.165, 1.54) is 0 Å². The van der Waals surface area contributed by atoms with Crippen molar-refractivity contribution in [3.8, 4) is 11.5 Å². The summed E-state index contributed by atoms with van der Waals surface area (Å²) in [5.74, 6) is 0.320. The molecule has 0 saturated carbocycles. The van der Waals surface area contributed by atoms with Gasteiger partial charge in [-0.25, -0.2) is 0 Å². The molecule has 0 aliphatic rings. The van der Waals surface area contributed by atoms with Crippen LogP contribution in [0.5, 0.6) is 11.5 Å². The van der Waals surface area contributed by atoms with E-state index >= 15 is 0 Å². The van der Waals surface area contributed by atoms with Gasteiger partial charge in [-0.05, 0) is 41.8 Å². The van der Waals surface area contributed by atoms with Gasteiger partial charge in [-0.3, -0.25) is 4.98 Å². The van der Waals surface area contributed by atoms with Gasteiger partial charge in [0.1, 0.15) is 11.5 Å². The highest BCUT2D eigenvalue weighted by Crippen LogP contribution is 2.35. The number of phenols is 2. The number of nitrogens with zero attached hydrogens (tertiary/aromatic N) is 1. The Morgan fingerprint density at radius 3 is 2.20 bits per heavy atom. The van der Waals surface area contributed by atoms with Crippen LogP contribution in [0, 0.1) is 0 Å². The Morgan fingerprint density at radius 1 is 1.05 bits per heavy atom. The van der Waals surface area contributed by atoms with Gasteiger partial charge in [-0.15, -0.1) is 12.4 Å². The standard InChI is InChI=1S/C16H17NO2.ClH/c1-11(2)16-14(18)9-12(10-15(16)19)6-7-13-5-3-4-8-17-13;/h3-11,18-19H,1-2H3;1H. The van der Waals surface area contributed by atoms with Crippen LogP contribution in [0.4, 0.5) is 0 Å². The molecule has 20 heavy (non-hydrogen) atoms. The number of phenolic OH excluding ortho intramolecular Hbond substituents is 2. The molecule has 4 heteroatoms. The Kier molecular flexibility index (Phi) is 5.59. The number of rotatable bonds is 3. The van der Waals surface area contributed by atoms with E-state index in [0.717, 1.165) is 11.3 Å². The maximum Gasteiger partial charge on any atom is 0.123 e. The van der Waals surface area contributed by atoms with E-state index in [2.05, 4.69) is 4.98 Å². The first-order valence-electron chi connectivity index (χ1n) is 6.23. The fourth-order valence-corrected chi connectivity index (χ4v) is 1.99. The third-order valence-electron chi connectivity index (χ3n) is 2.87. The van der Waals surface area contributed by atoms with Crippen molar-refractivity contribution >= 4 is 24.6 Å². The SMILES string of the molecule is CC(C)c1c(O)cc(C=Cc2ccccn2)cc1O.Cl. The van der Waals surface area contributed by atoms with Crippen molar-refractivity contribution in [1.29, 1.82) is 0 Å². The van der Waals surface area contributed by atoms with Crippen LogP contribution in [0.2, 0.25) is 0 Å². The molecule has 0 saturated heterocycles. The minimum Gasteiger partial charge on any atom is -0.507 e. The number of aromatic nitrogens is 1. The average Bonchev–Trinajstić information content (AvgIpc) is 2.36. The van der Waals surface area contributed by atoms with E-state index in [9.17, 15) is 10.2 Å². The monoisotopic (exact) mass is 291 g/mol. The highest BCUT2D eigenvalue weighted by molar-refractivity contribution is 5.85. The maximum absolute atomic E-state index is 9.93. The second-order valence-electron chi connectivity index (χ2n) is 4.72. The Hall–Kier alpha value is -2.00. The van der Waals surface area contributed by atoms with Gasteiger partial charge in [-0.1, -0.05) is 26.0 Å². The third-order valence-corrected chi connectivity index (χ3v) is 2.87. The molecule has 106 valence electrons. The highest BCUT2D eigenvalue weighted by atomic mass is 35.5. The van der Waals surface area contributed by atoms with Crippen molar-refractivity contribution in [1.82, 2.24) is 4.98 Å². The normalized spacial score (nSPS) is 10.8. The molecule has 0 unspecified atom stereocenters. The predicted octanol–water partition coefficient (Wildman–Crippen LogP) is 4.21. The van der Waals surface area contributed by atoms with Crippen LogP contribution in [0.1, 0.15) is 36.6 Å². The Labute approximate surface area is 125 Å². The zero-order valence-corrected chi connectivity index (χ0v) is 12.3. The van der Waals surface area contributed by atoms with Gasteiger partial charge < -0.3 is 10.2 Å². The molecule has 0 aliphatic heterocycles. The predicted molar refractivity (Wildman–Crippen MR) is 84.3 cm³/mol. The molecule has 0 radical (unpaired) electrons. The van der Waals surface area contributed by atoms with Crippen molar-refractivity contribution in [3.63, 3.8) is 0 Å². The van der Waals surface area contributed by atoms with Crippen LogP contribution in [0.25, 0.3) is 12.2 Å². The third kappa shape index (κ3) is 3.75. The first-order valence-corrected chi connectivity index (χ1v) is 6.23. The molecule has 1 heterocycles. The van der Waals surface area contributed by atoms with E-state index in [4.69, 9.17) is 0 Å². The molecule has 0 amide bonds. The number of hydrogen-bond acceptors (Lipinski definition) is 3. The Bertz CT molecular complexity index is 572. The fourth-order valence-electron chi connectivity index (χ4n) is 1.99. The summed E-state index contributed by atoms with van der Waals surface area (Å²) in [7, 11) is 0. The van der Waals surface area contributed by atoms with Crippen LogP contribution in [-0.4, -0.2) is 15.2 Å². The summed E-state index contributed by atoms with van der Waals surface area (Å²) in [6.07, 6.45) is 5.37. The molecular weight excluding hydrogens is 274 g/mol. The van der Waals surface area contributed by atoms with E-state index in [1.54, 1.807) is 18.3 Å². The summed E-state index contributed by atoms with van der Waals surface area (Å²) in [6.45, 7) is 3.86. The molecule has 2 N–H and O–H groups in total. The van der Waals surface area contributed by atoms with Crippen molar-refractivity contribution in [2.75, 3.05) is 0 Å². The lowest BCUT2D eigenvalue weighted by atomic mass is 9.98. The summed E-state index contributed by atoms with van der Waals surface area (Å²) < 4.78 is 0. The van der Waals surface area contributed by atoms with Gasteiger partial charge in [-0.2, -0.15) is 0 Å². The summed E-state index contributed by atoms with van der Waals surface area (Å²) in [5.41, 5.74) is 2.15. The summed E-state index contributed by atoms with van der Waals surface area (Å²) in [6, 6.07) is 8.94. The van der Waals surface area contributed by atoms with Gasteiger partial charge in [0.05, 0.1) is 5.69 Å². The molecule has 2 rings (SSSR count). The fraction of sp³-hybridized carbons (Fsp3) is 0.188. The second-order valence-corrected chi connectivity index (χ2v) is 4.72. The minimum atomic E-state index is 0. The van der Waals surface area contributed by atoms with E-state index in [-0.39, 0.29) is 29.8 Å². The first-order chi connectivity index (χ1) is 9.08. The van der Waals surface area contributed by atoms with Gasteiger partial charge >= 0.3 is 0 Å². The first kappa shape index (κ1) is 16.1. The molecule has 0 bridgehead atoms. The van der Waals surface area contributed by atoms with Crippen LogP contribution < -0.4 is 0 Å². The maximum atomic E-state index is 9.93. The highest BCUT2D eigenvalue weighted by Gasteiger charge is 2.12. The van der Waals surface area contributed by atoms with E-state index in [0.29, 0.717) is 5.56 Å². The number of pyridine rings is 1. The largest absolute Gasteiger partial charge is 0.507 e. The lowest BCUT2D eigenvalue weighted by Gasteiger charge is -2.11. The van der Waals surface area contributed by atoms with E-state index in [1.807, 2.05) is 44.2 Å². The zero-order valence-electron chi connectivity index (χ0n) is 11.4. The van der Waals surface area contributed by atoms with Crippen LogP contribution >= 0.6 is 12.4 Å². The smallest absolute Gasteiger partial charge is 0.123 e. The average molecular weight is 292 g/mol. The van der Waals surface area contributed by atoms with Crippen LogP contribution in [-0.2, 0) is 0 Å². The van der Waals surface area contributed by atoms with Gasteiger partial charge in [0.15, 0.2) is 0 Å². The van der Waals surface area contributed by atoms with Gasteiger partial charge in [0.2, 0.25) is 0 Å². The molecule has 0 atom stereocenters. The molecule has 0 aliphatic carbocycles. The van der Waals surface area contributed by atoms with Crippen LogP contribution in [0.3, 0.4) is 0 Å². The molecule has 3 nitrogen and oxygen atoms in total. The van der Waals surface area contributed by atoms with Crippen molar-refractivity contribution in [2.45, 2.75) is 19.8 Å². The quantitative estimate of drug-likeness (QED) is 0.891. The topological polar surface area (TPSA) is 53.4 Å². The summed E-state index contributed by atoms with van der Waals surface area (Å²) in [5, 5.41) is 19.9. The second kappa shape index (κ2) is 6.96. The number of hydrogen-bond donors (Lipinski definition) is 2. The Morgan fingerprint density at radius 2 is 1.70 bits per heavy atom. The van der Waals surface area contributed by atoms with Crippen molar-refractivity contribution in [2.24, 2.45) is 0 Å². The molecule has 1 aromatic heterocycles. The van der Waals surface area contributed by atoms with E-state index < -0.39 is 0 Å². The van der Waals surface area contributed by atoms with Crippen molar-refractivity contribution < 1.29 is 10.2 Å². The van der Waals surface area contributed by atoms with Gasteiger partial charge in [0.25, 0.3) is 0 Å². The zero-order chi connectivity index (χ0) is 13.8. The Balaban J connectivity index is 0.00000200. The number of aromatic hydroxyl groups is 2. The summed E-state index contributed by atoms with van der Waals surface area (Å²) >= 11 is 0. The molecule has 0 fully saturated rings. The number of halogens is 1. The lowest BCUT2D eigenvalue weighted by molar-refractivity contribution is 0.433. The summed E-state index contributed by atoms with van der Waals surface area (Å²) in [4.78, 5) is 4.17. The minimum absolute atomic E-state index is 0. The number of benzene rings is 1. The molecule has 0 spiro atoms. The van der Waals surface area contributed by atoms with Crippen LogP contribution in [0.15, 0.2) is 36.5 Å². The van der Waals surface area contributed by atoms with Crippen molar-refractivity contribution in [3.05, 3.63) is 53.3 Å². The molecular formula is C16H18ClNO2. The van der Waals surface area contributed by atoms with Gasteiger partial charge in [0, 0.05) is 11.8 Å². The molecule has 2 aromatic rings. The molecule has 1 aromatic carbocycles.